The van der Waals surface area contributed by atoms with E-state index in [1.165, 1.54) is 0 Å². The Bertz CT molecular complexity index is 625. The van der Waals surface area contributed by atoms with Crippen LogP contribution >= 0.6 is 127 Å². The van der Waals surface area contributed by atoms with E-state index in [9.17, 15) is 9.59 Å². The molecule has 3 aliphatic carbocycles. The van der Waals surface area contributed by atoms with Crippen molar-refractivity contribution in [3.63, 3.8) is 0 Å². The van der Waals surface area contributed by atoms with Crippen molar-refractivity contribution in [2.45, 2.75) is 17.3 Å². The topological polar surface area (TPSA) is 34.1 Å². The first-order valence-corrected chi connectivity index (χ1v) is 11.3. The van der Waals surface area contributed by atoms with Crippen LogP contribution in [0.4, 0.5) is 0 Å². The van der Waals surface area contributed by atoms with Crippen LogP contribution in [0.1, 0.15) is 0 Å². The first kappa shape index (κ1) is 17.5. The van der Waals surface area contributed by atoms with Crippen LogP contribution in [0.25, 0.3) is 0 Å². The van der Waals surface area contributed by atoms with Crippen molar-refractivity contribution in [2.24, 2.45) is 0 Å². The third-order valence-electron chi connectivity index (χ3n) is 3.91. The van der Waals surface area contributed by atoms with Gasteiger partial charge in [-0.2, -0.15) is 0 Å². The molecule has 0 aliphatic heterocycles. The lowest BCUT2D eigenvalue weighted by Crippen LogP contribution is -2.87. The fraction of sp³-hybridized carbons (Fsp3) is 0.400. The second kappa shape index (κ2) is 4.64. The van der Waals surface area contributed by atoms with Gasteiger partial charge in [-0.3, -0.25) is 9.59 Å². The molecule has 3 aliphatic rings. The number of carbonyl (C=O) groups excluding carboxylic acids is 2. The lowest BCUT2D eigenvalue weighted by atomic mass is 9.57. The summed E-state index contributed by atoms with van der Waals surface area (Å²) in [6, 6.07) is 0. The van der Waals surface area contributed by atoms with Crippen LogP contribution in [0.5, 0.6) is 0 Å². The van der Waals surface area contributed by atoms with E-state index < -0.39 is 17.3 Å². The Morgan fingerprint density at radius 3 is 1.05 bits per heavy atom. The van der Waals surface area contributed by atoms with Gasteiger partial charge in [0.1, 0.15) is 17.3 Å². The molecular formula is C10Br8O2. The molecule has 0 saturated heterocycles. The van der Waals surface area contributed by atoms with Crippen molar-refractivity contribution in [1.29, 1.82) is 0 Å². The summed E-state index contributed by atoms with van der Waals surface area (Å²) < 4.78 is -1.91. The molecule has 1 fully saturated rings. The van der Waals surface area contributed by atoms with E-state index in [4.69, 9.17) is 0 Å². The molecule has 10 heteroatoms. The maximum atomic E-state index is 12.7. The van der Waals surface area contributed by atoms with Gasteiger partial charge >= 0.3 is 0 Å². The third kappa shape index (κ3) is 1.29. The van der Waals surface area contributed by atoms with E-state index in [1.54, 1.807) is 0 Å². The maximum absolute atomic E-state index is 12.7. The van der Waals surface area contributed by atoms with Crippen molar-refractivity contribution >= 4 is 139 Å². The van der Waals surface area contributed by atoms with Crippen LogP contribution in [-0.2, 0) is 9.59 Å². The summed E-state index contributed by atoms with van der Waals surface area (Å²) in [6.07, 6.45) is 0. The highest BCUT2D eigenvalue weighted by Crippen LogP contribution is 2.85. The standard InChI is InChI=1S/C10Br8O2/c11-1-3(13)7(15)8(16)4(14)2(12)6(20)10(8,18)9(7,17)5(1)19/t7-,8-,9-,10-/m1/s1. The van der Waals surface area contributed by atoms with E-state index in [2.05, 4.69) is 127 Å². The molecule has 1 saturated carbocycles. The number of allylic oxidation sites excluding steroid dienone is 4. The average Bonchev–Trinajstić information content (AvgIpc) is 2.64. The van der Waals surface area contributed by atoms with E-state index in [-0.39, 0.29) is 11.6 Å². The van der Waals surface area contributed by atoms with Crippen LogP contribution in [0.15, 0.2) is 17.9 Å². The zero-order valence-corrected chi connectivity index (χ0v) is 21.5. The van der Waals surface area contributed by atoms with Crippen LogP contribution < -0.4 is 0 Å². The Morgan fingerprint density at radius 2 is 0.800 bits per heavy atom. The fourth-order valence-corrected chi connectivity index (χ4v) is 13.5. The zero-order chi connectivity index (χ0) is 15.5. The molecule has 2 nitrogen and oxygen atoms in total. The summed E-state index contributed by atoms with van der Waals surface area (Å²) in [7, 11) is 0. The summed E-state index contributed by atoms with van der Waals surface area (Å²) in [4.78, 5) is 25.4. The molecule has 0 aromatic rings. The van der Waals surface area contributed by atoms with E-state index in [0.717, 1.165) is 0 Å². The second-order valence-electron chi connectivity index (χ2n) is 4.55. The quantitative estimate of drug-likeness (QED) is 0.296. The van der Waals surface area contributed by atoms with Crippen molar-refractivity contribution in [2.75, 3.05) is 0 Å². The van der Waals surface area contributed by atoms with Gasteiger partial charge in [0, 0.05) is 8.96 Å². The molecule has 0 bridgehead atoms. The minimum absolute atomic E-state index is 0.205. The van der Waals surface area contributed by atoms with E-state index in [1.807, 2.05) is 0 Å². The largest absolute Gasteiger partial charge is 0.292 e. The van der Waals surface area contributed by atoms with Crippen molar-refractivity contribution in [1.82, 2.24) is 0 Å². The van der Waals surface area contributed by atoms with Crippen LogP contribution in [0.3, 0.4) is 0 Å². The molecule has 0 spiro atoms. The number of carbonyl (C=O) groups is 2. The Balaban J connectivity index is 2.42. The minimum Gasteiger partial charge on any atom is -0.292 e. The maximum Gasteiger partial charge on any atom is 0.191 e. The fourth-order valence-electron chi connectivity index (χ4n) is 2.92. The molecule has 3 rings (SSSR count). The van der Waals surface area contributed by atoms with Crippen LogP contribution in [0.2, 0.25) is 0 Å². The monoisotopic (exact) mass is 783 g/mol. The molecule has 4 atom stereocenters. The highest BCUT2D eigenvalue weighted by atomic mass is 79.9. The Morgan fingerprint density at radius 1 is 0.550 bits per heavy atom. The number of fused-ring (bicyclic) bond motifs is 4. The number of Topliss-reactive ketones (excluding diaryl/α,β-unsaturated/α-hetero) is 2. The summed E-state index contributed by atoms with van der Waals surface area (Å²) in [6.45, 7) is 0. The van der Waals surface area contributed by atoms with Gasteiger partial charge in [-0.05, 0) is 31.9 Å². The average molecular weight is 791 g/mol. The molecule has 0 unspecified atom stereocenters. The van der Waals surface area contributed by atoms with E-state index >= 15 is 0 Å². The SMILES string of the molecule is O=C1C(Br)=C(Br)[C@]2(Br)[C@@]1(Br)[C@@]1(Br)C(=O)C(Br)=C(Br)[C@]12Br. The zero-order valence-electron chi connectivity index (χ0n) is 8.84. The highest BCUT2D eigenvalue weighted by Gasteiger charge is 2.96. The number of halogens is 8. The van der Waals surface area contributed by atoms with Gasteiger partial charge in [-0.15, -0.1) is 0 Å². The first-order chi connectivity index (χ1) is 8.95. The minimum atomic E-state index is -1.15. The van der Waals surface area contributed by atoms with Gasteiger partial charge in [0.15, 0.2) is 11.6 Å². The summed E-state index contributed by atoms with van der Waals surface area (Å²) in [5.74, 6) is -0.409. The van der Waals surface area contributed by atoms with Crippen LogP contribution in [-0.4, -0.2) is 28.9 Å². The Hall–Kier alpha value is 2.66. The summed E-state index contributed by atoms with van der Waals surface area (Å²) in [5, 5.41) is 0. The number of alkyl halides is 4. The third-order valence-corrected chi connectivity index (χ3v) is 17.9. The molecule has 0 N–H and O–H groups in total. The first-order valence-electron chi connectivity index (χ1n) is 4.92. The number of hydrogen-bond donors (Lipinski definition) is 0. The van der Waals surface area contributed by atoms with Crippen molar-refractivity contribution in [3.05, 3.63) is 17.9 Å². The van der Waals surface area contributed by atoms with Gasteiger partial charge in [0.25, 0.3) is 0 Å². The lowest BCUT2D eigenvalue weighted by Gasteiger charge is -2.67. The van der Waals surface area contributed by atoms with Crippen LogP contribution in [0, 0.1) is 0 Å². The molecule has 0 aromatic carbocycles. The Kier molecular flexibility index (Phi) is 4.05. The molecule has 0 amide bonds. The van der Waals surface area contributed by atoms with Gasteiger partial charge in [-0.1, -0.05) is 95.6 Å². The molecule has 0 heterocycles. The summed E-state index contributed by atoms with van der Waals surface area (Å²) in [5.41, 5.74) is 0. The Labute approximate surface area is 181 Å². The smallest absolute Gasteiger partial charge is 0.191 e. The predicted molar refractivity (Wildman–Crippen MR) is 106 cm³/mol. The molecule has 20 heavy (non-hydrogen) atoms. The number of rotatable bonds is 0. The molecule has 0 aromatic heterocycles. The van der Waals surface area contributed by atoms with Crippen molar-refractivity contribution < 1.29 is 9.59 Å². The second-order valence-corrected chi connectivity index (χ2v) is 12.5. The normalized spacial score (nSPS) is 50.6. The van der Waals surface area contributed by atoms with E-state index in [0.29, 0.717) is 17.9 Å². The predicted octanol–water partition coefficient (Wildman–Crippen LogP) is 5.70. The van der Waals surface area contributed by atoms with Gasteiger partial charge in [0.05, 0.1) is 8.96 Å². The molecular weight excluding hydrogens is 791 g/mol. The molecule has 0 radical (unpaired) electrons. The highest BCUT2D eigenvalue weighted by molar-refractivity contribution is 9.20. The number of ketones is 2. The van der Waals surface area contributed by atoms with Crippen molar-refractivity contribution in [3.8, 4) is 0 Å². The van der Waals surface area contributed by atoms with Gasteiger partial charge in [0.2, 0.25) is 0 Å². The molecule has 108 valence electrons. The summed E-state index contributed by atoms with van der Waals surface area (Å²) >= 11 is 27.9. The van der Waals surface area contributed by atoms with Gasteiger partial charge < -0.3 is 0 Å². The lowest BCUT2D eigenvalue weighted by molar-refractivity contribution is -0.127. The number of hydrogen-bond acceptors (Lipinski definition) is 2. The van der Waals surface area contributed by atoms with Gasteiger partial charge in [-0.25, -0.2) is 0 Å².